The normalized spacial score (nSPS) is 16.8. The van der Waals surface area contributed by atoms with Gasteiger partial charge in [0.05, 0.1) is 12.8 Å². The molecule has 0 amide bonds. The van der Waals surface area contributed by atoms with E-state index in [-0.39, 0.29) is 5.41 Å². The monoisotopic (exact) mass is 249 g/mol. The zero-order valence-electron chi connectivity index (χ0n) is 11.9. The molecule has 0 saturated carbocycles. The molecule has 100 valence electrons. The number of anilines is 1. The summed E-state index contributed by atoms with van der Waals surface area (Å²) in [6.45, 7) is 8.59. The molecule has 1 aliphatic heterocycles. The van der Waals surface area contributed by atoms with Gasteiger partial charge in [-0.05, 0) is 19.3 Å². The van der Waals surface area contributed by atoms with Crippen molar-refractivity contribution in [1.82, 2.24) is 9.97 Å². The van der Waals surface area contributed by atoms with E-state index in [1.54, 1.807) is 7.11 Å². The number of hydrogen-bond acceptors (Lipinski definition) is 4. The van der Waals surface area contributed by atoms with Crippen LogP contribution in [0, 0.1) is 0 Å². The Morgan fingerprint density at radius 2 is 1.78 bits per heavy atom. The highest BCUT2D eigenvalue weighted by molar-refractivity contribution is 5.36. The minimum absolute atomic E-state index is 0.0146. The molecule has 1 aromatic heterocycles. The van der Waals surface area contributed by atoms with Crippen molar-refractivity contribution in [3.63, 3.8) is 0 Å². The van der Waals surface area contributed by atoms with Crippen molar-refractivity contribution in [2.45, 2.75) is 45.4 Å². The Labute approximate surface area is 109 Å². The summed E-state index contributed by atoms with van der Waals surface area (Å²) in [6.07, 6.45) is 3.77. The van der Waals surface area contributed by atoms with Crippen LogP contribution in [0.15, 0.2) is 6.07 Å². The van der Waals surface area contributed by atoms with Crippen molar-refractivity contribution in [2.75, 3.05) is 25.1 Å². The Morgan fingerprint density at radius 1 is 1.11 bits per heavy atom. The molecule has 0 aliphatic carbocycles. The van der Waals surface area contributed by atoms with Crippen LogP contribution in [0.1, 0.15) is 45.7 Å². The van der Waals surface area contributed by atoms with E-state index >= 15 is 0 Å². The molecule has 1 fully saturated rings. The predicted octanol–water partition coefficient (Wildman–Crippen LogP) is 2.77. The van der Waals surface area contributed by atoms with E-state index in [1.165, 1.54) is 19.3 Å². The van der Waals surface area contributed by atoms with Gasteiger partial charge in [0.25, 0.3) is 0 Å². The molecule has 0 N–H and O–H groups in total. The van der Waals surface area contributed by atoms with Gasteiger partial charge in [-0.2, -0.15) is 4.98 Å². The Kier molecular flexibility index (Phi) is 3.73. The van der Waals surface area contributed by atoms with E-state index in [0.29, 0.717) is 5.88 Å². The third-order valence-corrected chi connectivity index (χ3v) is 3.31. The smallest absolute Gasteiger partial charge is 0.228 e. The first-order chi connectivity index (χ1) is 8.50. The summed E-state index contributed by atoms with van der Waals surface area (Å²) >= 11 is 0. The molecule has 1 aliphatic rings. The van der Waals surface area contributed by atoms with Crippen molar-refractivity contribution in [1.29, 1.82) is 0 Å². The maximum absolute atomic E-state index is 5.30. The lowest BCUT2D eigenvalue weighted by Crippen LogP contribution is -2.32. The molecular weight excluding hydrogens is 226 g/mol. The number of nitrogens with zero attached hydrogens (tertiary/aromatic N) is 3. The summed E-state index contributed by atoms with van der Waals surface area (Å²) in [5, 5.41) is 0. The highest BCUT2D eigenvalue weighted by Gasteiger charge is 2.21. The molecule has 4 nitrogen and oxygen atoms in total. The van der Waals surface area contributed by atoms with E-state index in [9.17, 15) is 0 Å². The van der Waals surface area contributed by atoms with Gasteiger partial charge < -0.3 is 9.64 Å². The average Bonchev–Trinajstić information content (AvgIpc) is 2.38. The van der Waals surface area contributed by atoms with Crippen LogP contribution in [0.25, 0.3) is 0 Å². The highest BCUT2D eigenvalue weighted by atomic mass is 16.5. The van der Waals surface area contributed by atoms with Crippen LogP contribution < -0.4 is 9.64 Å². The summed E-state index contributed by atoms with van der Waals surface area (Å²) in [4.78, 5) is 11.5. The Balaban J connectivity index is 2.34. The maximum Gasteiger partial charge on any atom is 0.228 e. The van der Waals surface area contributed by atoms with Crippen LogP contribution in [-0.2, 0) is 5.41 Å². The predicted molar refractivity (Wildman–Crippen MR) is 73.3 cm³/mol. The molecule has 0 unspecified atom stereocenters. The lowest BCUT2D eigenvalue weighted by atomic mass is 9.92. The fourth-order valence-corrected chi connectivity index (χ4v) is 2.14. The highest BCUT2D eigenvalue weighted by Crippen LogP contribution is 2.26. The zero-order chi connectivity index (χ0) is 13.2. The molecule has 0 atom stereocenters. The van der Waals surface area contributed by atoms with Gasteiger partial charge in [0.1, 0.15) is 0 Å². The Morgan fingerprint density at radius 3 is 2.33 bits per heavy atom. The lowest BCUT2D eigenvalue weighted by Gasteiger charge is -2.28. The molecular formula is C14H23N3O. The molecule has 0 radical (unpaired) electrons. The first-order valence-electron chi connectivity index (χ1n) is 6.69. The van der Waals surface area contributed by atoms with Crippen LogP contribution in [0.2, 0.25) is 0 Å². The third kappa shape index (κ3) is 2.92. The topological polar surface area (TPSA) is 38.2 Å². The second-order valence-electron chi connectivity index (χ2n) is 5.89. The second kappa shape index (κ2) is 5.12. The van der Waals surface area contributed by atoms with Crippen LogP contribution in [-0.4, -0.2) is 30.2 Å². The number of aromatic nitrogens is 2. The van der Waals surface area contributed by atoms with Crippen LogP contribution in [0.4, 0.5) is 5.95 Å². The molecule has 18 heavy (non-hydrogen) atoms. The van der Waals surface area contributed by atoms with E-state index in [0.717, 1.165) is 24.7 Å². The van der Waals surface area contributed by atoms with Gasteiger partial charge in [-0.1, -0.05) is 20.8 Å². The number of hydrogen-bond donors (Lipinski definition) is 0. The molecule has 1 aromatic rings. The second-order valence-corrected chi connectivity index (χ2v) is 5.89. The van der Waals surface area contributed by atoms with E-state index in [2.05, 4.69) is 30.7 Å². The summed E-state index contributed by atoms with van der Waals surface area (Å²) in [5.74, 6) is 1.48. The number of ether oxygens (including phenoxy) is 1. The maximum atomic E-state index is 5.30. The van der Waals surface area contributed by atoms with E-state index < -0.39 is 0 Å². The molecule has 0 spiro atoms. The standard InChI is InChI=1S/C14H23N3O/c1-14(2,3)11-10-12(18-4)16-13(15-11)17-8-6-5-7-9-17/h10H,5-9H2,1-4H3. The SMILES string of the molecule is COc1cc(C(C)(C)C)nc(N2CCCCC2)n1. The quantitative estimate of drug-likeness (QED) is 0.808. The minimum atomic E-state index is 0.0146. The first kappa shape index (κ1) is 13.1. The number of piperidine rings is 1. The van der Waals surface area contributed by atoms with Gasteiger partial charge in [0, 0.05) is 24.6 Å². The fourth-order valence-electron chi connectivity index (χ4n) is 2.14. The minimum Gasteiger partial charge on any atom is -0.481 e. The van der Waals surface area contributed by atoms with E-state index in [1.807, 2.05) is 6.07 Å². The summed E-state index contributed by atoms with van der Waals surface area (Å²) in [7, 11) is 1.66. The molecule has 0 bridgehead atoms. The van der Waals surface area contributed by atoms with Gasteiger partial charge in [-0.15, -0.1) is 0 Å². The van der Waals surface area contributed by atoms with E-state index in [4.69, 9.17) is 9.72 Å². The van der Waals surface area contributed by atoms with Gasteiger partial charge in [-0.3, -0.25) is 0 Å². The average molecular weight is 249 g/mol. The first-order valence-corrected chi connectivity index (χ1v) is 6.69. The van der Waals surface area contributed by atoms with Crippen molar-refractivity contribution >= 4 is 5.95 Å². The summed E-state index contributed by atoms with van der Waals surface area (Å²) in [5.41, 5.74) is 1.05. The van der Waals surface area contributed by atoms with Crippen LogP contribution in [0.5, 0.6) is 5.88 Å². The zero-order valence-corrected chi connectivity index (χ0v) is 11.9. The van der Waals surface area contributed by atoms with Crippen molar-refractivity contribution in [3.8, 4) is 5.88 Å². The lowest BCUT2D eigenvalue weighted by molar-refractivity contribution is 0.392. The van der Waals surface area contributed by atoms with Gasteiger partial charge in [0.15, 0.2) is 0 Å². The van der Waals surface area contributed by atoms with Crippen LogP contribution in [0.3, 0.4) is 0 Å². The number of methoxy groups -OCH3 is 1. The largest absolute Gasteiger partial charge is 0.481 e. The van der Waals surface area contributed by atoms with Gasteiger partial charge >= 0.3 is 0 Å². The molecule has 2 rings (SSSR count). The summed E-state index contributed by atoms with van der Waals surface area (Å²) in [6, 6.07) is 1.94. The Hall–Kier alpha value is -1.32. The van der Waals surface area contributed by atoms with Gasteiger partial charge in [0.2, 0.25) is 11.8 Å². The Bertz CT molecular complexity index is 406. The van der Waals surface area contributed by atoms with Crippen molar-refractivity contribution in [2.24, 2.45) is 0 Å². The number of rotatable bonds is 2. The van der Waals surface area contributed by atoms with Crippen molar-refractivity contribution < 1.29 is 4.74 Å². The molecule has 2 heterocycles. The van der Waals surface area contributed by atoms with Gasteiger partial charge in [-0.25, -0.2) is 4.98 Å². The van der Waals surface area contributed by atoms with Crippen molar-refractivity contribution in [3.05, 3.63) is 11.8 Å². The third-order valence-electron chi connectivity index (χ3n) is 3.31. The molecule has 4 heteroatoms. The fraction of sp³-hybridized carbons (Fsp3) is 0.714. The summed E-state index contributed by atoms with van der Waals surface area (Å²) < 4.78 is 5.30. The van der Waals surface area contributed by atoms with Crippen LogP contribution >= 0.6 is 0 Å². The molecule has 1 saturated heterocycles. The molecule has 0 aromatic carbocycles.